The van der Waals surface area contributed by atoms with Crippen LogP contribution < -0.4 is 0 Å². The van der Waals surface area contributed by atoms with E-state index in [1.165, 1.54) is 32.6 Å². The first-order valence-electron chi connectivity index (χ1n) is 15.7. The van der Waals surface area contributed by atoms with E-state index in [2.05, 4.69) is 19.9 Å². The number of rotatable bonds is 8. The fraction of sp³-hybridized carbons (Fsp3) is 0.514. The lowest BCUT2D eigenvalue weighted by Gasteiger charge is -2.45. The molecule has 2 bridgehead atoms. The van der Waals surface area contributed by atoms with Crippen LogP contribution in [0.2, 0.25) is 0 Å². The maximum absolute atomic E-state index is 14.1. The molecule has 3 aliphatic carbocycles. The van der Waals surface area contributed by atoms with Gasteiger partial charge in [-0.1, -0.05) is 43.7 Å². The average molecular weight is 656 g/mol. The van der Waals surface area contributed by atoms with Crippen LogP contribution in [-0.2, 0) is 16.4 Å². The summed E-state index contributed by atoms with van der Waals surface area (Å²) in [4.78, 5) is 15.8. The molecule has 4 atom stereocenters. The second-order valence-electron chi connectivity index (χ2n) is 13.0. The molecule has 1 aromatic carbocycles. The Morgan fingerprint density at radius 1 is 1.11 bits per heavy atom. The molecule has 0 amide bonds. The van der Waals surface area contributed by atoms with Gasteiger partial charge in [-0.05, 0) is 112 Å². The fourth-order valence-electron chi connectivity index (χ4n) is 7.25. The standard InChI is InChI=1S/C35H45NO5S3/c1-5-19-36(44(40,41)32-9-7-20-42-32)23-35(39)18-16-30-28-14-12-26(22-29(28)33(38)31-15-11-25(3)43-31)21-27(37)13-10-24(2)8-6-17-34(30,35)4/h7-9,11-12,14-15,20,22,27,30,37,39H,5-6,10,13,16-19,21,23H2,1-4H3. The van der Waals surface area contributed by atoms with Gasteiger partial charge in [0.2, 0.25) is 5.78 Å². The molecule has 238 valence electrons. The van der Waals surface area contributed by atoms with Crippen molar-refractivity contribution in [3.8, 4) is 0 Å². The van der Waals surface area contributed by atoms with Gasteiger partial charge in [-0.2, -0.15) is 4.31 Å². The number of carbonyl (C=O) groups is 1. The van der Waals surface area contributed by atoms with E-state index in [0.29, 0.717) is 61.9 Å². The highest BCUT2D eigenvalue weighted by atomic mass is 32.2. The number of benzene rings is 1. The second kappa shape index (κ2) is 13.3. The van der Waals surface area contributed by atoms with Crippen molar-refractivity contribution in [1.29, 1.82) is 0 Å². The maximum atomic E-state index is 14.1. The number of aryl methyl sites for hydroxylation is 1. The fourth-order valence-corrected chi connectivity index (χ4v) is 10.8. The summed E-state index contributed by atoms with van der Waals surface area (Å²) < 4.78 is 29.3. The Morgan fingerprint density at radius 3 is 2.59 bits per heavy atom. The number of hydrogen-bond acceptors (Lipinski definition) is 7. The van der Waals surface area contributed by atoms with Gasteiger partial charge >= 0.3 is 0 Å². The number of hydrogen-bond donors (Lipinski definition) is 2. The second-order valence-corrected chi connectivity index (χ2v) is 17.4. The van der Waals surface area contributed by atoms with Crippen LogP contribution in [0.25, 0.3) is 0 Å². The summed E-state index contributed by atoms with van der Waals surface area (Å²) in [7, 11) is -3.77. The zero-order chi connectivity index (χ0) is 31.7. The van der Waals surface area contributed by atoms with E-state index in [1.54, 1.807) is 17.5 Å². The topological polar surface area (TPSA) is 94.9 Å². The minimum atomic E-state index is -3.77. The summed E-state index contributed by atoms with van der Waals surface area (Å²) in [5.74, 6) is -0.195. The van der Waals surface area contributed by atoms with Crippen molar-refractivity contribution in [1.82, 2.24) is 4.31 Å². The summed E-state index contributed by atoms with van der Waals surface area (Å²) in [6.45, 7) is 8.46. The van der Waals surface area contributed by atoms with Gasteiger partial charge in [0, 0.05) is 28.9 Å². The third-order valence-electron chi connectivity index (χ3n) is 9.88. The van der Waals surface area contributed by atoms with Gasteiger partial charge in [0.25, 0.3) is 10.0 Å². The molecule has 44 heavy (non-hydrogen) atoms. The van der Waals surface area contributed by atoms with E-state index >= 15 is 0 Å². The van der Waals surface area contributed by atoms with Crippen LogP contribution in [0.4, 0.5) is 0 Å². The summed E-state index contributed by atoms with van der Waals surface area (Å²) in [5.41, 5.74) is 1.64. The lowest BCUT2D eigenvalue weighted by Crippen LogP contribution is -2.53. The molecule has 9 heteroatoms. The van der Waals surface area contributed by atoms with Gasteiger partial charge in [0.05, 0.1) is 16.6 Å². The molecular formula is C35H45NO5S3. The molecule has 2 N–H and O–H groups in total. The van der Waals surface area contributed by atoms with Gasteiger partial charge < -0.3 is 10.2 Å². The summed E-state index contributed by atoms with van der Waals surface area (Å²) in [6, 6.07) is 13.2. The van der Waals surface area contributed by atoms with E-state index in [9.17, 15) is 23.4 Å². The highest BCUT2D eigenvalue weighted by Gasteiger charge is 2.58. The van der Waals surface area contributed by atoms with Crippen molar-refractivity contribution in [3.63, 3.8) is 0 Å². The first-order chi connectivity index (χ1) is 20.9. The molecule has 2 aromatic heterocycles. The van der Waals surface area contributed by atoms with Crippen LogP contribution in [0, 0.1) is 12.3 Å². The molecule has 6 rings (SSSR count). The predicted octanol–water partition coefficient (Wildman–Crippen LogP) is 7.49. The molecule has 0 aliphatic heterocycles. The highest BCUT2D eigenvalue weighted by Crippen LogP contribution is 2.59. The van der Waals surface area contributed by atoms with E-state index in [0.717, 1.165) is 22.4 Å². The number of nitrogens with zero attached hydrogens (tertiary/aromatic N) is 1. The number of allylic oxidation sites excluding steroid dienone is 2. The normalized spacial score (nSPS) is 26.4. The summed E-state index contributed by atoms with van der Waals surface area (Å²) in [6.07, 6.45) is 6.63. The Labute approximate surface area is 270 Å². The number of sulfonamides is 1. The first kappa shape index (κ1) is 33.2. The number of carbonyl (C=O) groups excluding carboxylic acids is 1. The zero-order valence-corrected chi connectivity index (χ0v) is 28.7. The van der Waals surface area contributed by atoms with Gasteiger partial charge in [0.15, 0.2) is 0 Å². The van der Waals surface area contributed by atoms with Crippen molar-refractivity contribution in [2.45, 2.75) is 101 Å². The smallest absolute Gasteiger partial charge is 0.252 e. The highest BCUT2D eigenvalue weighted by molar-refractivity contribution is 7.91. The van der Waals surface area contributed by atoms with Crippen LogP contribution in [-0.4, -0.2) is 53.5 Å². The van der Waals surface area contributed by atoms with Crippen molar-refractivity contribution < 1.29 is 23.4 Å². The Bertz CT molecular complexity index is 1610. The summed E-state index contributed by atoms with van der Waals surface area (Å²) in [5, 5.41) is 25.3. The van der Waals surface area contributed by atoms with Gasteiger partial charge in [-0.25, -0.2) is 8.42 Å². The summed E-state index contributed by atoms with van der Waals surface area (Å²) >= 11 is 2.67. The molecule has 4 unspecified atom stereocenters. The third kappa shape index (κ3) is 6.55. The molecular weight excluding hydrogens is 611 g/mol. The van der Waals surface area contributed by atoms with Crippen LogP contribution >= 0.6 is 22.7 Å². The van der Waals surface area contributed by atoms with Crippen molar-refractivity contribution >= 4 is 38.5 Å². The van der Waals surface area contributed by atoms with E-state index < -0.39 is 27.1 Å². The monoisotopic (exact) mass is 655 g/mol. The van der Waals surface area contributed by atoms with E-state index in [1.807, 2.05) is 44.2 Å². The quantitative estimate of drug-likeness (QED) is 0.194. The van der Waals surface area contributed by atoms with Gasteiger partial charge in [0.1, 0.15) is 4.21 Å². The molecule has 2 heterocycles. The number of fused-ring (bicyclic) bond motifs is 8. The van der Waals surface area contributed by atoms with Gasteiger partial charge in [-0.3, -0.25) is 4.79 Å². The number of aliphatic hydroxyl groups excluding tert-OH is 1. The first-order valence-corrected chi connectivity index (χ1v) is 18.9. The lowest BCUT2D eigenvalue weighted by atomic mass is 9.65. The zero-order valence-electron chi connectivity index (χ0n) is 26.2. The average Bonchev–Trinajstić information content (AvgIpc) is 3.73. The molecule has 1 fully saturated rings. The Hall–Kier alpha value is -2.14. The van der Waals surface area contributed by atoms with Crippen molar-refractivity contribution in [2.24, 2.45) is 5.41 Å². The third-order valence-corrected chi connectivity index (χ3v) is 14.1. The van der Waals surface area contributed by atoms with Crippen molar-refractivity contribution in [3.05, 3.63) is 85.9 Å². The number of aliphatic hydroxyl groups is 2. The van der Waals surface area contributed by atoms with Crippen LogP contribution in [0.3, 0.4) is 0 Å². The number of ketones is 1. The lowest BCUT2D eigenvalue weighted by molar-refractivity contribution is -0.0723. The van der Waals surface area contributed by atoms with E-state index in [-0.39, 0.29) is 22.5 Å². The molecule has 0 radical (unpaired) electrons. The minimum absolute atomic E-state index is 0.00838. The van der Waals surface area contributed by atoms with Gasteiger partial charge in [-0.15, -0.1) is 22.7 Å². The molecule has 6 nitrogen and oxygen atoms in total. The van der Waals surface area contributed by atoms with Crippen LogP contribution in [0.15, 0.2) is 63.7 Å². The SMILES string of the molecule is CCCN(CC1(O)CCC2c3ccc(cc3C(=O)c3ccc(C)s3)CC(O)CCC(C)=CCCC21C)S(=O)(=O)c1cccs1. The molecule has 1 saturated carbocycles. The Balaban J connectivity index is 1.62. The van der Waals surface area contributed by atoms with Crippen LogP contribution in [0.5, 0.6) is 0 Å². The predicted molar refractivity (Wildman–Crippen MR) is 179 cm³/mol. The molecule has 0 spiro atoms. The van der Waals surface area contributed by atoms with Crippen molar-refractivity contribution in [2.75, 3.05) is 13.1 Å². The maximum Gasteiger partial charge on any atom is 0.252 e. The largest absolute Gasteiger partial charge is 0.393 e. The molecule has 3 aliphatic rings. The minimum Gasteiger partial charge on any atom is -0.393 e. The Kier molecular flexibility index (Phi) is 10.0. The molecule has 3 aromatic rings. The Morgan fingerprint density at radius 2 is 1.91 bits per heavy atom. The van der Waals surface area contributed by atoms with Crippen LogP contribution in [0.1, 0.15) is 103 Å². The van der Waals surface area contributed by atoms with E-state index in [4.69, 9.17) is 0 Å². The number of thiophene rings is 2. The molecule has 0 saturated heterocycles.